The number of fused-ring (bicyclic) bond motifs is 1. The Hall–Kier alpha value is -3.57. The van der Waals surface area contributed by atoms with Gasteiger partial charge in [0.05, 0.1) is 16.7 Å². The predicted octanol–water partition coefficient (Wildman–Crippen LogP) is 3.92. The molecule has 0 fully saturated rings. The summed E-state index contributed by atoms with van der Waals surface area (Å²) in [4.78, 5) is 21.3. The molecule has 1 N–H and O–H groups in total. The predicted molar refractivity (Wildman–Crippen MR) is 126 cm³/mol. The average molecular weight is 527 g/mol. The van der Waals surface area contributed by atoms with E-state index in [1.165, 1.54) is 0 Å². The Kier molecular flexibility index (Phi) is 5.65. The van der Waals surface area contributed by atoms with Crippen LogP contribution < -0.4 is 5.32 Å². The van der Waals surface area contributed by atoms with Gasteiger partial charge in [-0.3, -0.25) is 14.8 Å². The van der Waals surface area contributed by atoms with Gasteiger partial charge in [0.2, 0.25) is 5.95 Å². The molecule has 10 nitrogen and oxygen atoms in total. The molecule has 0 bridgehead atoms. The van der Waals surface area contributed by atoms with Crippen molar-refractivity contribution in [3.8, 4) is 11.4 Å². The number of hydrogen-bond acceptors (Lipinski definition) is 6. The lowest BCUT2D eigenvalue weighted by molar-refractivity contribution is 0.102. The van der Waals surface area contributed by atoms with Crippen molar-refractivity contribution in [2.45, 2.75) is 20.0 Å². The standard InChI is InChI=1S/C21H17BrClN9O/c1-2-30-11-15(22)19(28-30)17-6-7-24-18-9-16(27-32(17)18)20(33)26-21-25-12-31(29-21)10-13-4-3-5-14(23)8-13/h3-9,11-12H,2,10H2,1H3,(H,26,29,33). The van der Waals surface area contributed by atoms with Crippen LogP contribution in [-0.2, 0) is 13.1 Å². The van der Waals surface area contributed by atoms with Gasteiger partial charge < -0.3 is 0 Å². The Bertz CT molecular complexity index is 1470. The molecular formula is C21H17BrClN9O. The summed E-state index contributed by atoms with van der Waals surface area (Å²) in [5.74, 6) is -0.262. The molecule has 5 aromatic rings. The number of halogens is 2. The third-order valence-corrected chi connectivity index (χ3v) is 5.69. The van der Waals surface area contributed by atoms with Crippen LogP contribution in [0, 0.1) is 0 Å². The fraction of sp³-hybridized carbons (Fsp3) is 0.143. The summed E-state index contributed by atoms with van der Waals surface area (Å²) < 4.78 is 5.85. The quantitative estimate of drug-likeness (QED) is 0.359. The van der Waals surface area contributed by atoms with Crippen LogP contribution in [0.15, 0.2) is 59.6 Å². The maximum absolute atomic E-state index is 12.8. The molecule has 1 aromatic carbocycles. The first-order chi connectivity index (χ1) is 16.0. The molecule has 0 atom stereocenters. The van der Waals surface area contributed by atoms with E-state index in [1.54, 1.807) is 39.9 Å². The van der Waals surface area contributed by atoms with Crippen molar-refractivity contribution in [3.05, 3.63) is 75.9 Å². The second-order valence-electron chi connectivity index (χ2n) is 7.16. The molecule has 166 valence electrons. The lowest BCUT2D eigenvalue weighted by Gasteiger charge is -2.02. The van der Waals surface area contributed by atoms with Crippen LogP contribution in [0.1, 0.15) is 23.0 Å². The molecule has 0 aliphatic carbocycles. The van der Waals surface area contributed by atoms with E-state index in [1.807, 2.05) is 36.0 Å². The number of hydrogen-bond donors (Lipinski definition) is 1. The molecule has 4 aromatic heterocycles. The first-order valence-electron chi connectivity index (χ1n) is 10.0. The topological polar surface area (TPSA) is 108 Å². The third-order valence-electron chi connectivity index (χ3n) is 4.87. The molecule has 0 saturated carbocycles. The summed E-state index contributed by atoms with van der Waals surface area (Å²) in [5, 5.41) is 16.6. The first-order valence-corrected chi connectivity index (χ1v) is 11.2. The van der Waals surface area contributed by atoms with E-state index in [9.17, 15) is 4.79 Å². The summed E-state index contributed by atoms with van der Waals surface area (Å²) in [7, 11) is 0. The highest BCUT2D eigenvalue weighted by atomic mass is 79.9. The molecular weight excluding hydrogens is 510 g/mol. The van der Waals surface area contributed by atoms with Gasteiger partial charge in [-0.1, -0.05) is 23.7 Å². The summed E-state index contributed by atoms with van der Waals surface area (Å²) in [5.41, 5.74) is 3.10. The van der Waals surface area contributed by atoms with Crippen molar-refractivity contribution in [1.29, 1.82) is 0 Å². The van der Waals surface area contributed by atoms with Crippen molar-refractivity contribution in [1.82, 2.24) is 39.1 Å². The Morgan fingerprint density at radius 1 is 1.12 bits per heavy atom. The minimum Gasteiger partial charge on any atom is -0.288 e. The smallest absolute Gasteiger partial charge is 0.278 e. The van der Waals surface area contributed by atoms with Gasteiger partial charge in [-0.2, -0.15) is 10.2 Å². The highest BCUT2D eigenvalue weighted by Crippen LogP contribution is 2.27. The van der Waals surface area contributed by atoms with Crippen molar-refractivity contribution >= 4 is 45.0 Å². The van der Waals surface area contributed by atoms with Gasteiger partial charge in [-0.25, -0.2) is 19.2 Å². The number of nitrogens with one attached hydrogen (secondary N) is 1. The average Bonchev–Trinajstić information content (AvgIpc) is 3.51. The molecule has 0 aliphatic heterocycles. The maximum atomic E-state index is 12.8. The Balaban J connectivity index is 1.37. The summed E-state index contributed by atoms with van der Waals surface area (Å²) in [6, 6.07) is 10.9. The van der Waals surface area contributed by atoms with Crippen LogP contribution in [0.4, 0.5) is 5.95 Å². The second kappa shape index (κ2) is 8.75. The van der Waals surface area contributed by atoms with Crippen LogP contribution in [0.2, 0.25) is 5.02 Å². The molecule has 33 heavy (non-hydrogen) atoms. The van der Waals surface area contributed by atoms with E-state index >= 15 is 0 Å². The number of aryl methyl sites for hydroxylation is 1. The monoisotopic (exact) mass is 525 g/mol. The first kappa shape index (κ1) is 21.3. The van der Waals surface area contributed by atoms with Gasteiger partial charge >= 0.3 is 0 Å². The van der Waals surface area contributed by atoms with Crippen LogP contribution in [0.5, 0.6) is 0 Å². The molecule has 4 heterocycles. The normalized spacial score (nSPS) is 11.2. The fourth-order valence-electron chi connectivity index (χ4n) is 3.33. The Morgan fingerprint density at radius 2 is 2.00 bits per heavy atom. The molecule has 0 unspecified atom stereocenters. The van der Waals surface area contributed by atoms with Gasteiger partial charge in [-0.15, -0.1) is 5.10 Å². The molecule has 0 spiro atoms. The zero-order valence-electron chi connectivity index (χ0n) is 17.4. The van der Waals surface area contributed by atoms with E-state index in [0.29, 0.717) is 28.6 Å². The van der Waals surface area contributed by atoms with Crippen molar-refractivity contribution < 1.29 is 4.79 Å². The molecule has 0 radical (unpaired) electrons. The minimum atomic E-state index is -0.440. The highest BCUT2D eigenvalue weighted by Gasteiger charge is 2.18. The van der Waals surface area contributed by atoms with Crippen LogP contribution in [0.3, 0.4) is 0 Å². The van der Waals surface area contributed by atoms with Crippen molar-refractivity contribution in [3.63, 3.8) is 0 Å². The summed E-state index contributed by atoms with van der Waals surface area (Å²) >= 11 is 9.57. The van der Waals surface area contributed by atoms with Crippen molar-refractivity contribution in [2.24, 2.45) is 0 Å². The summed E-state index contributed by atoms with van der Waals surface area (Å²) in [6.45, 7) is 3.22. The Morgan fingerprint density at radius 3 is 2.79 bits per heavy atom. The number of carbonyl (C=O) groups excluding carboxylic acids is 1. The van der Waals surface area contributed by atoms with Crippen LogP contribution in [0.25, 0.3) is 17.0 Å². The minimum absolute atomic E-state index is 0.178. The fourth-order valence-corrected chi connectivity index (χ4v) is 4.07. The van der Waals surface area contributed by atoms with E-state index in [2.05, 4.69) is 46.5 Å². The molecule has 12 heteroatoms. The number of amides is 1. The lowest BCUT2D eigenvalue weighted by atomic mass is 10.2. The Labute approximate surface area is 201 Å². The highest BCUT2D eigenvalue weighted by molar-refractivity contribution is 9.10. The van der Waals surface area contributed by atoms with Gasteiger partial charge in [0, 0.05) is 30.0 Å². The number of aromatic nitrogens is 8. The summed E-state index contributed by atoms with van der Waals surface area (Å²) in [6.07, 6.45) is 5.09. The zero-order chi connectivity index (χ0) is 22.9. The van der Waals surface area contributed by atoms with E-state index in [-0.39, 0.29) is 11.6 Å². The number of carbonyl (C=O) groups is 1. The molecule has 0 saturated heterocycles. The number of benzene rings is 1. The second-order valence-corrected chi connectivity index (χ2v) is 8.45. The van der Waals surface area contributed by atoms with E-state index < -0.39 is 5.91 Å². The van der Waals surface area contributed by atoms with Gasteiger partial charge in [0.25, 0.3) is 5.91 Å². The van der Waals surface area contributed by atoms with Gasteiger partial charge in [0.1, 0.15) is 12.0 Å². The van der Waals surface area contributed by atoms with Gasteiger partial charge in [0.15, 0.2) is 11.3 Å². The number of anilines is 1. The lowest BCUT2D eigenvalue weighted by Crippen LogP contribution is -2.14. The third kappa shape index (κ3) is 4.37. The van der Waals surface area contributed by atoms with Crippen LogP contribution >= 0.6 is 27.5 Å². The SMILES string of the molecule is CCn1cc(Br)c(-c2ccnc3cc(C(=O)Nc4ncn(Cc5cccc(Cl)c5)n4)nn23)n1. The van der Waals surface area contributed by atoms with E-state index in [0.717, 1.165) is 16.6 Å². The number of rotatable bonds is 6. The molecule has 0 aliphatic rings. The zero-order valence-corrected chi connectivity index (χ0v) is 19.7. The maximum Gasteiger partial charge on any atom is 0.278 e. The van der Waals surface area contributed by atoms with Crippen molar-refractivity contribution in [2.75, 3.05) is 5.32 Å². The van der Waals surface area contributed by atoms with E-state index in [4.69, 9.17) is 11.6 Å². The van der Waals surface area contributed by atoms with Gasteiger partial charge in [-0.05, 0) is 46.6 Å². The molecule has 1 amide bonds. The number of nitrogens with zero attached hydrogens (tertiary/aromatic N) is 8. The molecule has 5 rings (SSSR count). The largest absolute Gasteiger partial charge is 0.288 e. The van der Waals surface area contributed by atoms with Crippen LogP contribution in [-0.4, -0.2) is 45.1 Å².